The van der Waals surface area contributed by atoms with E-state index in [0.717, 1.165) is 37.9 Å². The van der Waals surface area contributed by atoms with E-state index in [-0.39, 0.29) is 59.8 Å². The Hall–Kier alpha value is -2.53. The summed E-state index contributed by atoms with van der Waals surface area (Å²) in [5.74, 6) is -0.353. The zero-order chi connectivity index (χ0) is 29.4. The minimum absolute atomic E-state index is 0.00744. The second-order valence-corrected chi connectivity index (χ2v) is 11.5. The number of carbonyl (C=O) groups excluding carboxylic acids is 3. The highest BCUT2D eigenvalue weighted by molar-refractivity contribution is 5.87. The standard InChI is InChI=1S/C30H47N3O7/c1-19(8-11-24-16-30(18-37-30)17-25(40-24)15-29(36)33(7)31-6)9-12-27-20(2)14-26(22(4)39-27)32-28(35)13-10-21(3)38-23(5)34/h8-11,13,20-22,24-27,31H,12,14-18H2,1-7H3,(H,32,35)/b11-8+,13-10-,19-9+/t20-,21-,22+,24+,25+,26+,27-,30+/m0/s1. The van der Waals surface area contributed by atoms with Crippen LogP contribution in [-0.2, 0) is 33.3 Å². The number of ether oxygens (including phenoxy) is 4. The largest absolute Gasteiger partial charge is 0.459 e. The third-order valence-electron chi connectivity index (χ3n) is 7.87. The highest BCUT2D eigenvalue weighted by Crippen LogP contribution is 2.43. The molecule has 0 aromatic heterocycles. The maximum Gasteiger partial charge on any atom is 0.303 e. The summed E-state index contributed by atoms with van der Waals surface area (Å²) < 4.78 is 23.3. The van der Waals surface area contributed by atoms with Gasteiger partial charge in [0.25, 0.3) is 0 Å². The maximum absolute atomic E-state index is 12.4. The van der Waals surface area contributed by atoms with E-state index in [4.69, 9.17) is 18.9 Å². The number of hydrogen-bond acceptors (Lipinski definition) is 8. The number of nitrogens with one attached hydrogen (secondary N) is 2. The first-order valence-corrected chi connectivity index (χ1v) is 14.3. The van der Waals surface area contributed by atoms with Crippen molar-refractivity contribution in [2.75, 3.05) is 20.7 Å². The van der Waals surface area contributed by atoms with E-state index in [9.17, 15) is 14.4 Å². The number of carbonyl (C=O) groups is 3. The zero-order valence-corrected chi connectivity index (χ0v) is 25.0. The summed E-state index contributed by atoms with van der Waals surface area (Å²) in [6, 6.07) is -0.0921. The van der Waals surface area contributed by atoms with Gasteiger partial charge in [0, 0.05) is 39.9 Å². The normalized spacial score (nSPS) is 33.2. The Morgan fingerprint density at radius 1 is 1.15 bits per heavy atom. The number of amides is 2. The van der Waals surface area contributed by atoms with Gasteiger partial charge in [-0.1, -0.05) is 30.7 Å². The summed E-state index contributed by atoms with van der Waals surface area (Å²) in [4.78, 5) is 35.7. The Labute approximate surface area is 238 Å². The summed E-state index contributed by atoms with van der Waals surface area (Å²) in [6.07, 6.45) is 12.0. The quantitative estimate of drug-likeness (QED) is 0.130. The Morgan fingerprint density at radius 3 is 2.52 bits per heavy atom. The first-order chi connectivity index (χ1) is 18.9. The molecule has 0 radical (unpaired) electrons. The summed E-state index contributed by atoms with van der Waals surface area (Å²) in [5, 5.41) is 4.50. The minimum Gasteiger partial charge on any atom is -0.459 e. The molecule has 10 nitrogen and oxygen atoms in total. The SMILES string of the molecule is CNN(C)C(=O)C[C@@H]1C[C@@]2(CO2)C[C@@H](/C=C/C(C)=C/C[C@@H]2O[C@H](C)[C@H](NC(=O)/C=C\[C@H](C)OC(C)=O)C[C@@H]2C)O1. The van der Waals surface area contributed by atoms with Crippen LogP contribution >= 0.6 is 0 Å². The molecule has 10 heteroatoms. The van der Waals surface area contributed by atoms with Gasteiger partial charge in [-0.3, -0.25) is 19.4 Å². The molecule has 0 aromatic carbocycles. The van der Waals surface area contributed by atoms with Crippen LogP contribution in [0.5, 0.6) is 0 Å². The van der Waals surface area contributed by atoms with Crippen LogP contribution in [0.2, 0.25) is 0 Å². The zero-order valence-electron chi connectivity index (χ0n) is 25.0. The average Bonchev–Trinajstić information content (AvgIpc) is 3.63. The van der Waals surface area contributed by atoms with Crippen molar-refractivity contribution in [1.29, 1.82) is 0 Å². The Kier molecular flexibility index (Phi) is 11.5. The van der Waals surface area contributed by atoms with E-state index < -0.39 is 6.10 Å². The smallest absolute Gasteiger partial charge is 0.303 e. The van der Waals surface area contributed by atoms with E-state index >= 15 is 0 Å². The fourth-order valence-corrected chi connectivity index (χ4v) is 5.33. The lowest BCUT2D eigenvalue weighted by Gasteiger charge is -2.39. The number of esters is 1. The molecule has 3 aliphatic heterocycles. The van der Waals surface area contributed by atoms with Gasteiger partial charge >= 0.3 is 5.97 Å². The predicted molar refractivity (Wildman–Crippen MR) is 151 cm³/mol. The number of allylic oxidation sites excluding steroid dienone is 2. The number of hydrogen-bond donors (Lipinski definition) is 2. The van der Waals surface area contributed by atoms with Crippen molar-refractivity contribution >= 4 is 17.8 Å². The van der Waals surface area contributed by atoms with E-state index in [1.54, 1.807) is 27.1 Å². The maximum atomic E-state index is 12.4. The highest BCUT2D eigenvalue weighted by Gasteiger charge is 2.51. The molecule has 224 valence electrons. The molecule has 0 aliphatic carbocycles. The lowest BCUT2D eigenvalue weighted by molar-refractivity contribution is -0.143. The van der Waals surface area contributed by atoms with E-state index in [0.29, 0.717) is 6.42 Å². The monoisotopic (exact) mass is 561 g/mol. The molecule has 0 aromatic rings. The van der Waals surface area contributed by atoms with Gasteiger partial charge in [0.1, 0.15) is 6.10 Å². The van der Waals surface area contributed by atoms with Crippen LogP contribution in [0.1, 0.15) is 66.7 Å². The molecule has 3 aliphatic rings. The van der Waals surface area contributed by atoms with Gasteiger partial charge in [-0.15, -0.1) is 0 Å². The van der Waals surface area contributed by atoms with Gasteiger partial charge in [-0.2, -0.15) is 0 Å². The molecule has 2 amide bonds. The van der Waals surface area contributed by atoms with Gasteiger partial charge < -0.3 is 24.3 Å². The van der Waals surface area contributed by atoms with Gasteiger partial charge in [0.15, 0.2) is 0 Å². The molecule has 3 heterocycles. The highest BCUT2D eigenvalue weighted by atomic mass is 16.6. The van der Waals surface area contributed by atoms with Crippen molar-refractivity contribution in [2.24, 2.45) is 5.92 Å². The molecule has 0 saturated carbocycles. The molecular weight excluding hydrogens is 514 g/mol. The van der Waals surface area contributed by atoms with Crippen molar-refractivity contribution < 1.29 is 33.3 Å². The minimum atomic E-state index is -0.459. The predicted octanol–water partition coefficient (Wildman–Crippen LogP) is 2.98. The summed E-state index contributed by atoms with van der Waals surface area (Å²) in [5.41, 5.74) is 3.81. The van der Waals surface area contributed by atoms with Crippen LogP contribution in [0.15, 0.2) is 36.0 Å². The van der Waals surface area contributed by atoms with Crippen LogP contribution in [0.25, 0.3) is 0 Å². The van der Waals surface area contributed by atoms with Gasteiger partial charge in [-0.25, -0.2) is 5.43 Å². The Balaban J connectivity index is 1.47. The summed E-state index contributed by atoms with van der Waals surface area (Å²) in [6.45, 7) is 9.96. The topological polar surface area (TPSA) is 119 Å². The molecule has 8 atom stereocenters. The second kappa shape index (κ2) is 14.4. The van der Waals surface area contributed by atoms with Crippen LogP contribution in [0.4, 0.5) is 0 Å². The van der Waals surface area contributed by atoms with Crippen LogP contribution in [0.3, 0.4) is 0 Å². The third-order valence-corrected chi connectivity index (χ3v) is 7.87. The summed E-state index contributed by atoms with van der Waals surface area (Å²) in [7, 11) is 3.43. The van der Waals surface area contributed by atoms with Gasteiger partial charge in [-0.05, 0) is 45.6 Å². The molecule has 1 spiro atoms. The molecule has 3 saturated heterocycles. The lowest BCUT2D eigenvalue weighted by atomic mass is 9.88. The van der Waals surface area contributed by atoms with E-state index in [1.807, 2.05) is 6.92 Å². The van der Waals surface area contributed by atoms with Crippen molar-refractivity contribution in [3.63, 3.8) is 0 Å². The fourth-order valence-electron chi connectivity index (χ4n) is 5.33. The Bertz CT molecular complexity index is 990. The Morgan fingerprint density at radius 2 is 1.88 bits per heavy atom. The second-order valence-electron chi connectivity index (χ2n) is 11.5. The number of rotatable bonds is 11. The lowest BCUT2D eigenvalue weighted by Crippen LogP contribution is -2.50. The molecule has 40 heavy (non-hydrogen) atoms. The van der Waals surface area contributed by atoms with Gasteiger partial charge in [0.2, 0.25) is 11.8 Å². The van der Waals surface area contributed by atoms with Crippen molar-refractivity contribution in [3.8, 4) is 0 Å². The summed E-state index contributed by atoms with van der Waals surface area (Å²) >= 11 is 0. The molecule has 3 rings (SSSR count). The molecule has 0 bridgehead atoms. The fraction of sp³-hybridized carbons (Fsp3) is 0.700. The van der Waals surface area contributed by atoms with Gasteiger partial charge in [0.05, 0.1) is 49.1 Å². The van der Waals surface area contributed by atoms with Crippen LogP contribution in [0, 0.1) is 5.92 Å². The molecule has 3 fully saturated rings. The number of hydrazine groups is 1. The molecule has 0 unspecified atom stereocenters. The van der Waals surface area contributed by atoms with E-state index in [1.165, 1.54) is 18.0 Å². The van der Waals surface area contributed by atoms with Crippen LogP contribution < -0.4 is 10.7 Å². The number of epoxide rings is 1. The first kappa shape index (κ1) is 32.0. The van der Waals surface area contributed by atoms with Crippen molar-refractivity contribution in [1.82, 2.24) is 15.8 Å². The average molecular weight is 562 g/mol. The van der Waals surface area contributed by atoms with E-state index in [2.05, 4.69) is 42.8 Å². The van der Waals surface area contributed by atoms with Crippen LogP contribution in [-0.4, -0.2) is 85.7 Å². The third kappa shape index (κ3) is 9.83. The molecule has 2 N–H and O–H groups in total. The van der Waals surface area contributed by atoms with Crippen molar-refractivity contribution in [2.45, 2.75) is 109 Å². The first-order valence-electron chi connectivity index (χ1n) is 14.3. The molecular formula is C30H47N3O7. The van der Waals surface area contributed by atoms with Crippen molar-refractivity contribution in [3.05, 3.63) is 36.0 Å². The number of nitrogens with zero attached hydrogens (tertiary/aromatic N) is 1.